The molecular weight excluding hydrogens is 302 g/mol. The fourth-order valence-corrected chi connectivity index (χ4v) is 1.78. The molecule has 1 atom stereocenters. The molecule has 0 saturated heterocycles. The monoisotopic (exact) mass is 323 g/mol. The second-order valence-electron chi connectivity index (χ2n) is 4.47. The number of aliphatic carboxylic acids is 1. The zero-order valence-corrected chi connectivity index (χ0v) is 13.6. The van der Waals surface area contributed by atoms with Crippen LogP contribution in [-0.2, 0) is 19.3 Å². The number of hydrogen-bond donors (Lipinski definition) is 2. The lowest BCUT2D eigenvalue weighted by atomic mass is 9.99. The zero-order chi connectivity index (χ0) is 17.2. The summed E-state index contributed by atoms with van der Waals surface area (Å²) in [5.74, 6) is -0.742. The molecule has 1 unspecified atom stereocenters. The number of carboxylic acids is 1. The Morgan fingerprint density at radius 2 is 2.04 bits per heavy atom. The van der Waals surface area contributed by atoms with Gasteiger partial charge in [-0.2, -0.15) is 0 Å². The van der Waals surface area contributed by atoms with Crippen LogP contribution in [0.25, 0.3) is 0 Å². The molecule has 8 heteroatoms. The molecule has 0 spiro atoms. The molecule has 1 rings (SSSR count). The van der Waals surface area contributed by atoms with E-state index in [0.29, 0.717) is 23.6 Å². The first kappa shape index (κ1) is 18.4. The van der Waals surface area contributed by atoms with Gasteiger partial charge in [0.1, 0.15) is 19.8 Å². The number of hydrogen-bond acceptors (Lipinski definition) is 6. The van der Waals surface area contributed by atoms with Crippen molar-refractivity contribution < 1.29 is 24.4 Å². The van der Waals surface area contributed by atoms with E-state index in [9.17, 15) is 9.90 Å². The summed E-state index contributed by atoms with van der Waals surface area (Å²) in [6, 6.07) is 6.90. The molecule has 0 saturated carbocycles. The Bertz CT molecular complexity index is 586. The summed E-state index contributed by atoms with van der Waals surface area (Å²) in [7, 11) is 1.29. The summed E-state index contributed by atoms with van der Waals surface area (Å²) >= 11 is 0. The highest BCUT2D eigenvalue weighted by Crippen LogP contribution is 2.21. The van der Waals surface area contributed by atoms with Crippen LogP contribution < -0.4 is 5.48 Å². The molecule has 2 N–H and O–H groups in total. The average Bonchev–Trinajstić information content (AvgIpc) is 2.55. The average molecular weight is 323 g/mol. The van der Waals surface area contributed by atoms with Crippen LogP contribution >= 0.6 is 0 Å². The topological polar surface area (TPSA) is 102 Å². The lowest BCUT2D eigenvalue weighted by Crippen LogP contribution is -2.25. The number of hydroxylamine groups is 1. The molecule has 8 nitrogen and oxygen atoms in total. The van der Waals surface area contributed by atoms with Gasteiger partial charge in [0.25, 0.3) is 0 Å². The van der Waals surface area contributed by atoms with Crippen LogP contribution in [-0.4, -0.2) is 36.3 Å². The maximum atomic E-state index is 11.3. The number of oxime groups is 2. The number of carboxylic acid groups (broad SMARTS) is 1. The van der Waals surface area contributed by atoms with Gasteiger partial charge in [-0.3, -0.25) is 4.84 Å². The van der Waals surface area contributed by atoms with Crippen molar-refractivity contribution in [2.24, 2.45) is 10.3 Å². The normalized spacial score (nSPS) is 13.4. The fourth-order valence-electron chi connectivity index (χ4n) is 1.78. The predicted molar refractivity (Wildman–Crippen MR) is 85.0 cm³/mol. The lowest BCUT2D eigenvalue weighted by molar-refractivity contribution is -0.129. The lowest BCUT2D eigenvalue weighted by Gasteiger charge is -2.17. The van der Waals surface area contributed by atoms with Crippen LogP contribution in [0.4, 0.5) is 0 Å². The van der Waals surface area contributed by atoms with Crippen molar-refractivity contribution in [3.63, 3.8) is 0 Å². The fraction of sp³-hybridized carbons (Fsp3) is 0.400. The van der Waals surface area contributed by atoms with Crippen molar-refractivity contribution in [1.82, 2.24) is 5.48 Å². The van der Waals surface area contributed by atoms with Crippen LogP contribution in [0.1, 0.15) is 38.0 Å². The van der Waals surface area contributed by atoms with E-state index in [1.54, 1.807) is 38.1 Å². The van der Waals surface area contributed by atoms with E-state index in [4.69, 9.17) is 9.68 Å². The number of nitrogens with zero attached hydrogens (tertiary/aromatic N) is 2. The summed E-state index contributed by atoms with van der Waals surface area (Å²) in [5, 5.41) is 16.6. The maximum Gasteiger partial charge on any atom is 0.358 e. The van der Waals surface area contributed by atoms with Gasteiger partial charge < -0.3 is 14.8 Å². The van der Waals surface area contributed by atoms with Crippen LogP contribution in [0, 0.1) is 0 Å². The number of amidine groups is 1. The Morgan fingerprint density at radius 3 is 2.65 bits per heavy atom. The van der Waals surface area contributed by atoms with Gasteiger partial charge in [-0.05, 0) is 26.3 Å². The van der Waals surface area contributed by atoms with E-state index >= 15 is 0 Å². The smallest absolute Gasteiger partial charge is 0.358 e. The Morgan fingerprint density at radius 1 is 1.35 bits per heavy atom. The van der Waals surface area contributed by atoms with E-state index in [0.717, 1.165) is 0 Å². The largest absolute Gasteiger partial charge is 0.476 e. The molecule has 0 aliphatic carbocycles. The molecule has 0 aliphatic rings. The van der Waals surface area contributed by atoms with E-state index in [-0.39, 0.29) is 5.71 Å². The van der Waals surface area contributed by atoms with Gasteiger partial charge in [-0.1, -0.05) is 34.6 Å². The minimum absolute atomic E-state index is 0.196. The molecule has 0 aliphatic heterocycles. The molecule has 0 amide bonds. The first-order chi connectivity index (χ1) is 11.0. The van der Waals surface area contributed by atoms with Gasteiger partial charge >= 0.3 is 5.97 Å². The minimum Gasteiger partial charge on any atom is -0.476 e. The SMILES string of the molecule is CCO/N=C(\C)NOC(C)c1ccccc1/C(=N\OC)C(=O)O. The molecule has 1 aromatic rings. The highest BCUT2D eigenvalue weighted by Gasteiger charge is 2.20. The molecular formula is C15H21N3O5. The summed E-state index contributed by atoms with van der Waals surface area (Å²) in [6.07, 6.45) is -0.459. The highest BCUT2D eigenvalue weighted by molar-refractivity contribution is 6.42. The molecule has 126 valence electrons. The molecule has 0 heterocycles. The van der Waals surface area contributed by atoms with Crippen molar-refractivity contribution >= 4 is 17.5 Å². The van der Waals surface area contributed by atoms with Crippen LogP contribution in [0.3, 0.4) is 0 Å². The Hall–Kier alpha value is -2.61. The predicted octanol–water partition coefficient (Wildman–Crippen LogP) is 2.07. The van der Waals surface area contributed by atoms with Gasteiger partial charge in [0, 0.05) is 5.56 Å². The van der Waals surface area contributed by atoms with Crippen molar-refractivity contribution in [3.05, 3.63) is 35.4 Å². The minimum atomic E-state index is -1.19. The maximum absolute atomic E-state index is 11.3. The molecule has 0 aromatic heterocycles. The van der Waals surface area contributed by atoms with Crippen molar-refractivity contribution in [3.8, 4) is 0 Å². The highest BCUT2D eigenvalue weighted by atomic mass is 16.7. The third kappa shape index (κ3) is 5.59. The second kappa shape index (κ2) is 9.42. The molecule has 0 bridgehead atoms. The Kier molecular flexibility index (Phi) is 7.55. The third-order valence-electron chi connectivity index (χ3n) is 2.75. The van der Waals surface area contributed by atoms with Crippen LogP contribution in [0.15, 0.2) is 34.6 Å². The third-order valence-corrected chi connectivity index (χ3v) is 2.75. The van der Waals surface area contributed by atoms with Crippen LogP contribution in [0.2, 0.25) is 0 Å². The molecule has 0 fully saturated rings. The number of benzene rings is 1. The van der Waals surface area contributed by atoms with Crippen molar-refractivity contribution in [2.45, 2.75) is 26.9 Å². The van der Waals surface area contributed by atoms with E-state index in [1.165, 1.54) is 7.11 Å². The van der Waals surface area contributed by atoms with E-state index in [1.807, 2.05) is 6.92 Å². The quantitative estimate of drug-likeness (QED) is 0.431. The molecule has 1 aromatic carbocycles. The standard InChI is InChI=1S/C15H21N3O5/c1-5-22-16-11(3)17-23-10(2)12-8-6-7-9-13(12)14(15(19)20)18-21-4/h6-10H,5H2,1-4H3,(H,16,17)(H,19,20)/b18-14+. The first-order valence-electron chi connectivity index (χ1n) is 7.03. The second-order valence-corrected chi connectivity index (χ2v) is 4.47. The van der Waals surface area contributed by atoms with Gasteiger partial charge in [0.2, 0.25) is 0 Å². The van der Waals surface area contributed by atoms with Gasteiger partial charge in [0.15, 0.2) is 11.5 Å². The van der Waals surface area contributed by atoms with Gasteiger partial charge in [-0.25, -0.2) is 10.3 Å². The number of rotatable bonds is 8. The van der Waals surface area contributed by atoms with Gasteiger partial charge in [0.05, 0.1) is 0 Å². The molecule has 0 radical (unpaired) electrons. The van der Waals surface area contributed by atoms with Crippen molar-refractivity contribution in [1.29, 1.82) is 0 Å². The Balaban J connectivity index is 2.96. The zero-order valence-electron chi connectivity index (χ0n) is 13.6. The number of carbonyl (C=O) groups is 1. The van der Waals surface area contributed by atoms with E-state index < -0.39 is 12.1 Å². The first-order valence-corrected chi connectivity index (χ1v) is 7.03. The summed E-state index contributed by atoms with van der Waals surface area (Å²) in [6.45, 7) is 5.72. The molecule has 23 heavy (non-hydrogen) atoms. The van der Waals surface area contributed by atoms with Crippen molar-refractivity contribution in [2.75, 3.05) is 13.7 Å². The summed E-state index contributed by atoms with van der Waals surface area (Å²) in [5.41, 5.74) is 3.51. The Labute approximate surface area is 134 Å². The number of nitrogens with one attached hydrogen (secondary N) is 1. The van der Waals surface area contributed by atoms with Gasteiger partial charge in [-0.15, -0.1) is 0 Å². The van der Waals surface area contributed by atoms with Crippen LogP contribution in [0.5, 0.6) is 0 Å². The summed E-state index contributed by atoms with van der Waals surface area (Å²) in [4.78, 5) is 26.3. The summed E-state index contributed by atoms with van der Waals surface area (Å²) < 4.78 is 0. The van der Waals surface area contributed by atoms with E-state index in [2.05, 4.69) is 20.6 Å².